The average Bonchev–Trinajstić information content (AvgIpc) is 2.65. The molecule has 0 radical (unpaired) electrons. The second-order valence-electron chi connectivity index (χ2n) is 3.51. The van der Waals surface area contributed by atoms with Crippen LogP contribution in [0.3, 0.4) is 0 Å². The number of aromatic nitrogens is 2. The quantitative estimate of drug-likeness (QED) is 0.724. The number of nitrogens with one attached hydrogen (secondary N) is 2. The van der Waals surface area contributed by atoms with Crippen LogP contribution in [0.25, 0.3) is 0 Å². The first-order valence-electron chi connectivity index (χ1n) is 5.35. The van der Waals surface area contributed by atoms with Crippen molar-refractivity contribution in [2.75, 3.05) is 25.6 Å². The third-order valence-corrected chi connectivity index (χ3v) is 2.14. The Bertz CT molecular complexity index is 387. The first kappa shape index (κ1) is 13.2. The minimum absolute atomic E-state index is 0.272. The molecule has 0 spiro atoms. The summed E-state index contributed by atoms with van der Waals surface area (Å²) < 4.78 is 6.59. The molecule has 6 heteroatoms. The van der Waals surface area contributed by atoms with E-state index >= 15 is 0 Å². The van der Waals surface area contributed by atoms with Crippen LogP contribution in [-0.4, -0.2) is 36.1 Å². The Morgan fingerprint density at radius 1 is 1.71 bits per heavy atom. The third-order valence-electron chi connectivity index (χ3n) is 2.14. The molecule has 1 rings (SSSR count). The van der Waals surface area contributed by atoms with Crippen molar-refractivity contribution < 1.29 is 9.53 Å². The second kappa shape index (κ2) is 6.70. The van der Waals surface area contributed by atoms with Gasteiger partial charge in [-0.1, -0.05) is 6.08 Å². The van der Waals surface area contributed by atoms with Gasteiger partial charge in [-0.15, -0.1) is 6.58 Å². The fourth-order valence-electron chi connectivity index (χ4n) is 1.30. The van der Waals surface area contributed by atoms with E-state index in [2.05, 4.69) is 22.3 Å². The molecule has 0 saturated heterocycles. The van der Waals surface area contributed by atoms with Crippen LogP contribution in [0, 0.1) is 0 Å². The van der Waals surface area contributed by atoms with Gasteiger partial charge in [0.05, 0.1) is 12.3 Å². The summed E-state index contributed by atoms with van der Waals surface area (Å²) >= 11 is 0. The summed E-state index contributed by atoms with van der Waals surface area (Å²) in [4.78, 5) is 11.4. The van der Waals surface area contributed by atoms with Crippen molar-refractivity contribution in [1.82, 2.24) is 15.1 Å². The summed E-state index contributed by atoms with van der Waals surface area (Å²) in [6, 6.07) is 1.55. The van der Waals surface area contributed by atoms with Crippen molar-refractivity contribution in [2.45, 2.75) is 6.42 Å². The molecule has 0 saturated carbocycles. The molecule has 2 amide bonds. The van der Waals surface area contributed by atoms with Crippen molar-refractivity contribution in [2.24, 2.45) is 7.05 Å². The molecule has 1 heterocycles. The van der Waals surface area contributed by atoms with Gasteiger partial charge in [0.25, 0.3) is 0 Å². The molecule has 17 heavy (non-hydrogen) atoms. The molecule has 0 aliphatic carbocycles. The van der Waals surface area contributed by atoms with Crippen molar-refractivity contribution in [3.8, 4) is 0 Å². The average molecular weight is 238 g/mol. The van der Waals surface area contributed by atoms with E-state index in [0.717, 1.165) is 12.1 Å². The zero-order valence-electron chi connectivity index (χ0n) is 10.2. The van der Waals surface area contributed by atoms with Gasteiger partial charge in [-0.2, -0.15) is 5.10 Å². The van der Waals surface area contributed by atoms with Crippen LogP contribution < -0.4 is 10.6 Å². The second-order valence-corrected chi connectivity index (χ2v) is 3.51. The normalized spacial score (nSPS) is 10.0. The first-order valence-corrected chi connectivity index (χ1v) is 5.35. The predicted octanol–water partition coefficient (Wildman–Crippen LogP) is 0.916. The lowest BCUT2D eigenvalue weighted by molar-refractivity contribution is 0.201. The highest BCUT2D eigenvalue weighted by Crippen LogP contribution is 2.09. The molecule has 0 aliphatic rings. The van der Waals surface area contributed by atoms with Crippen LogP contribution in [-0.2, 0) is 18.2 Å². The van der Waals surface area contributed by atoms with E-state index in [4.69, 9.17) is 4.74 Å². The zero-order valence-corrected chi connectivity index (χ0v) is 10.2. The number of rotatable bonds is 6. The van der Waals surface area contributed by atoms with Gasteiger partial charge in [-0.25, -0.2) is 4.79 Å². The van der Waals surface area contributed by atoms with Crippen LogP contribution in [0.2, 0.25) is 0 Å². The number of hydrogen-bond acceptors (Lipinski definition) is 3. The van der Waals surface area contributed by atoms with Crippen molar-refractivity contribution in [3.05, 3.63) is 24.4 Å². The maximum atomic E-state index is 11.4. The topological polar surface area (TPSA) is 68.2 Å². The lowest BCUT2D eigenvalue weighted by Gasteiger charge is -2.04. The number of aryl methyl sites for hydroxylation is 1. The predicted molar refractivity (Wildman–Crippen MR) is 66.0 cm³/mol. The van der Waals surface area contributed by atoms with Crippen molar-refractivity contribution in [1.29, 1.82) is 0 Å². The monoisotopic (exact) mass is 238 g/mol. The Hall–Kier alpha value is -1.82. The lowest BCUT2D eigenvalue weighted by atomic mass is 10.3. The summed E-state index contributed by atoms with van der Waals surface area (Å²) in [7, 11) is 3.42. The number of urea groups is 1. The minimum Gasteiger partial charge on any atom is -0.384 e. The molecule has 6 nitrogen and oxygen atoms in total. The maximum Gasteiger partial charge on any atom is 0.320 e. The molecule has 0 aliphatic heterocycles. The number of amides is 2. The Morgan fingerprint density at radius 3 is 3.12 bits per heavy atom. The fourth-order valence-corrected chi connectivity index (χ4v) is 1.30. The van der Waals surface area contributed by atoms with E-state index in [1.54, 1.807) is 24.9 Å². The van der Waals surface area contributed by atoms with Gasteiger partial charge < -0.3 is 10.1 Å². The van der Waals surface area contributed by atoms with Gasteiger partial charge in [0.2, 0.25) is 0 Å². The smallest absolute Gasteiger partial charge is 0.320 e. The highest BCUT2D eigenvalue weighted by molar-refractivity contribution is 5.88. The van der Waals surface area contributed by atoms with Crippen molar-refractivity contribution in [3.63, 3.8) is 0 Å². The highest BCUT2D eigenvalue weighted by atomic mass is 16.5. The Morgan fingerprint density at radius 2 is 2.47 bits per heavy atom. The molecule has 0 fully saturated rings. The molecular weight excluding hydrogens is 220 g/mol. The molecule has 0 unspecified atom stereocenters. The standard InChI is InChI=1S/C11H18N4O2/c1-4-6-12-11(16)13-10-8-9(5-7-17-3)14-15(10)2/h4,8H,1,5-7H2,2-3H3,(H2,12,13,16). The van der Waals surface area contributed by atoms with Crippen LogP contribution in [0.5, 0.6) is 0 Å². The van der Waals surface area contributed by atoms with E-state index < -0.39 is 0 Å². The molecule has 0 aromatic carbocycles. The van der Waals surface area contributed by atoms with Crippen LogP contribution in [0.4, 0.5) is 10.6 Å². The van der Waals surface area contributed by atoms with E-state index in [0.29, 0.717) is 19.0 Å². The Labute approximate surface area is 101 Å². The van der Waals surface area contributed by atoms with Gasteiger partial charge in [0.15, 0.2) is 0 Å². The van der Waals surface area contributed by atoms with E-state index in [1.165, 1.54) is 0 Å². The zero-order chi connectivity index (χ0) is 12.7. The number of carbonyl (C=O) groups is 1. The van der Waals surface area contributed by atoms with Crippen LogP contribution in [0.15, 0.2) is 18.7 Å². The molecule has 1 aromatic rings. The number of ether oxygens (including phenoxy) is 1. The molecule has 0 atom stereocenters. The largest absolute Gasteiger partial charge is 0.384 e. The number of carbonyl (C=O) groups excluding carboxylic acids is 1. The minimum atomic E-state index is -0.272. The first-order chi connectivity index (χ1) is 8.17. The highest BCUT2D eigenvalue weighted by Gasteiger charge is 2.07. The van der Waals surface area contributed by atoms with E-state index in [-0.39, 0.29) is 6.03 Å². The summed E-state index contributed by atoms with van der Waals surface area (Å²) in [6.45, 7) is 4.56. The van der Waals surface area contributed by atoms with Gasteiger partial charge >= 0.3 is 6.03 Å². The van der Waals surface area contributed by atoms with Gasteiger partial charge in [-0.05, 0) is 0 Å². The SMILES string of the molecule is C=CCNC(=O)Nc1cc(CCOC)nn1C. The molecule has 2 N–H and O–H groups in total. The third kappa shape index (κ3) is 4.28. The van der Waals surface area contributed by atoms with E-state index in [9.17, 15) is 4.79 Å². The molecule has 1 aromatic heterocycles. The maximum absolute atomic E-state index is 11.4. The van der Waals surface area contributed by atoms with Crippen LogP contribution >= 0.6 is 0 Å². The Kier molecular flexibility index (Phi) is 5.22. The van der Waals surface area contributed by atoms with Gasteiger partial charge in [0, 0.05) is 33.2 Å². The summed E-state index contributed by atoms with van der Waals surface area (Å²) in [5.41, 5.74) is 0.883. The molecule has 94 valence electrons. The van der Waals surface area contributed by atoms with E-state index in [1.807, 2.05) is 6.07 Å². The van der Waals surface area contributed by atoms with Crippen LogP contribution in [0.1, 0.15) is 5.69 Å². The molecular formula is C11H18N4O2. The summed E-state index contributed by atoms with van der Waals surface area (Å²) in [5.74, 6) is 0.651. The summed E-state index contributed by atoms with van der Waals surface area (Å²) in [5, 5.41) is 9.59. The summed E-state index contributed by atoms with van der Waals surface area (Å²) in [6.07, 6.45) is 2.34. The molecule has 0 bridgehead atoms. The van der Waals surface area contributed by atoms with Crippen molar-refractivity contribution >= 4 is 11.8 Å². The number of nitrogens with zero attached hydrogens (tertiary/aromatic N) is 2. The Balaban J connectivity index is 2.55. The number of anilines is 1. The van der Waals surface area contributed by atoms with Gasteiger partial charge in [0.1, 0.15) is 5.82 Å². The number of hydrogen-bond donors (Lipinski definition) is 2. The fraction of sp³-hybridized carbons (Fsp3) is 0.455. The number of methoxy groups -OCH3 is 1. The van der Waals surface area contributed by atoms with Gasteiger partial charge in [-0.3, -0.25) is 10.00 Å². The lowest BCUT2D eigenvalue weighted by Crippen LogP contribution is -2.29.